The number of carboxylic acids is 1. The number of amides is 1. The lowest BCUT2D eigenvalue weighted by Crippen LogP contribution is -2.49. The van der Waals surface area contributed by atoms with Crippen LogP contribution in [0.2, 0.25) is 0 Å². The van der Waals surface area contributed by atoms with Gasteiger partial charge in [0.2, 0.25) is 5.91 Å². The predicted molar refractivity (Wildman–Crippen MR) is 64.4 cm³/mol. The van der Waals surface area contributed by atoms with Crippen LogP contribution in [-0.2, 0) is 9.59 Å². The summed E-state index contributed by atoms with van der Waals surface area (Å²) in [7, 11) is 0. The summed E-state index contributed by atoms with van der Waals surface area (Å²) in [5.74, 6) is -0.974. The van der Waals surface area contributed by atoms with E-state index in [-0.39, 0.29) is 11.8 Å². The fourth-order valence-electron chi connectivity index (χ4n) is 2.37. The molecule has 1 saturated heterocycles. The van der Waals surface area contributed by atoms with Crippen LogP contribution in [0.3, 0.4) is 0 Å². The summed E-state index contributed by atoms with van der Waals surface area (Å²) in [4.78, 5) is 24.1. The van der Waals surface area contributed by atoms with E-state index in [0.29, 0.717) is 18.9 Å². The summed E-state index contributed by atoms with van der Waals surface area (Å²) in [6.45, 7) is 5.02. The Morgan fingerprint density at radius 2 is 2.18 bits per heavy atom. The van der Waals surface area contributed by atoms with Crippen LogP contribution in [0.25, 0.3) is 0 Å². The van der Waals surface area contributed by atoms with Crippen molar-refractivity contribution < 1.29 is 14.7 Å². The van der Waals surface area contributed by atoms with Gasteiger partial charge in [-0.1, -0.05) is 20.3 Å². The molecular weight excluding hydrogens is 220 g/mol. The number of carboxylic acid groups (broad SMARTS) is 1. The molecule has 0 aromatic rings. The average molecular weight is 242 g/mol. The maximum atomic E-state index is 11.2. The number of primary amides is 1. The van der Waals surface area contributed by atoms with Crippen molar-refractivity contribution in [1.29, 1.82) is 0 Å². The first-order valence-corrected chi connectivity index (χ1v) is 6.21. The number of hydrogen-bond acceptors (Lipinski definition) is 3. The maximum absolute atomic E-state index is 11.2. The number of carbonyl (C=O) groups excluding carboxylic acids is 1. The van der Waals surface area contributed by atoms with Crippen molar-refractivity contribution in [3.05, 3.63) is 0 Å². The van der Waals surface area contributed by atoms with Gasteiger partial charge in [-0.15, -0.1) is 0 Å². The number of carbonyl (C=O) groups is 2. The highest BCUT2D eigenvalue weighted by Gasteiger charge is 2.33. The fourth-order valence-corrected chi connectivity index (χ4v) is 2.37. The van der Waals surface area contributed by atoms with E-state index in [1.807, 2.05) is 4.90 Å². The summed E-state index contributed by atoms with van der Waals surface area (Å²) >= 11 is 0. The van der Waals surface area contributed by atoms with Gasteiger partial charge in [0.1, 0.15) is 6.04 Å². The van der Waals surface area contributed by atoms with Crippen LogP contribution >= 0.6 is 0 Å². The van der Waals surface area contributed by atoms with Crippen LogP contribution in [-0.4, -0.2) is 41.0 Å². The number of piperidine rings is 1. The molecule has 1 aliphatic rings. The maximum Gasteiger partial charge on any atom is 0.320 e. The molecule has 5 nitrogen and oxygen atoms in total. The SMILES string of the molecule is CCC1CCN(CC(C)C(N)=O)C(C(=O)O)C1. The lowest BCUT2D eigenvalue weighted by atomic mass is 9.88. The molecule has 0 bridgehead atoms. The van der Waals surface area contributed by atoms with Crippen molar-refractivity contribution in [2.75, 3.05) is 13.1 Å². The molecule has 1 amide bonds. The van der Waals surface area contributed by atoms with E-state index in [1.54, 1.807) is 6.92 Å². The average Bonchev–Trinajstić information content (AvgIpc) is 2.29. The highest BCUT2D eigenvalue weighted by atomic mass is 16.4. The van der Waals surface area contributed by atoms with Gasteiger partial charge in [0, 0.05) is 12.5 Å². The van der Waals surface area contributed by atoms with Gasteiger partial charge in [-0.05, 0) is 25.3 Å². The van der Waals surface area contributed by atoms with Crippen molar-refractivity contribution in [1.82, 2.24) is 4.90 Å². The Bertz CT molecular complexity index is 293. The summed E-state index contributed by atoms with van der Waals surface area (Å²) in [6, 6.07) is -0.463. The van der Waals surface area contributed by atoms with Crippen LogP contribution in [0.5, 0.6) is 0 Å². The second kappa shape index (κ2) is 6.00. The van der Waals surface area contributed by atoms with E-state index in [1.165, 1.54) is 0 Å². The standard InChI is InChI=1S/C12H22N2O3/c1-3-9-4-5-14(7-8(2)11(13)15)10(6-9)12(16)17/h8-10H,3-7H2,1-2H3,(H2,13,15)(H,16,17). The smallest absolute Gasteiger partial charge is 0.320 e. The van der Waals surface area contributed by atoms with Crippen LogP contribution in [0, 0.1) is 11.8 Å². The zero-order chi connectivity index (χ0) is 13.0. The van der Waals surface area contributed by atoms with Gasteiger partial charge in [0.05, 0.1) is 0 Å². The number of likely N-dealkylation sites (tertiary alicyclic amines) is 1. The van der Waals surface area contributed by atoms with Crippen LogP contribution in [0.15, 0.2) is 0 Å². The molecule has 0 spiro atoms. The van der Waals surface area contributed by atoms with Crippen molar-refractivity contribution >= 4 is 11.9 Å². The lowest BCUT2D eigenvalue weighted by molar-refractivity contribution is -0.146. The fraction of sp³-hybridized carbons (Fsp3) is 0.833. The third-order valence-electron chi connectivity index (χ3n) is 3.68. The molecule has 5 heteroatoms. The van der Waals surface area contributed by atoms with Gasteiger partial charge in [0.25, 0.3) is 0 Å². The van der Waals surface area contributed by atoms with Crippen molar-refractivity contribution in [3.8, 4) is 0 Å². The molecule has 1 fully saturated rings. The van der Waals surface area contributed by atoms with Crippen LogP contribution < -0.4 is 5.73 Å². The van der Waals surface area contributed by atoms with E-state index >= 15 is 0 Å². The van der Waals surface area contributed by atoms with E-state index in [9.17, 15) is 14.7 Å². The number of nitrogens with two attached hydrogens (primary N) is 1. The Hall–Kier alpha value is -1.10. The van der Waals surface area contributed by atoms with Gasteiger partial charge in [-0.2, -0.15) is 0 Å². The predicted octanol–water partition coefficient (Wildman–Crippen LogP) is 0.683. The first-order chi connectivity index (χ1) is 7.95. The molecule has 1 heterocycles. The summed E-state index contributed by atoms with van der Waals surface area (Å²) in [5, 5.41) is 9.22. The molecule has 0 aromatic carbocycles. The van der Waals surface area contributed by atoms with Crippen molar-refractivity contribution in [2.45, 2.75) is 39.2 Å². The largest absolute Gasteiger partial charge is 0.480 e. The molecule has 3 N–H and O–H groups in total. The van der Waals surface area contributed by atoms with E-state index in [0.717, 1.165) is 19.4 Å². The number of nitrogens with zero attached hydrogens (tertiary/aromatic N) is 1. The molecule has 3 atom stereocenters. The Balaban J connectivity index is 2.63. The van der Waals surface area contributed by atoms with Crippen LogP contribution in [0.4, 0.5) is 0 Å². The van der Waals surface area contributed by atoms with Crippen molar-refractivity contribution in [3.63, 3.8) is 0 Å². The normalized spacial score (nSPS) is 27.6. The van der Waals surface area contributed by atoms with Gasteiger partial charge in [-0.3, -0.25) is 14.5 Å². The van der Waals surface area contributed by atoms with Gasteiger partial charge in [0.15, 0.2) is 0 Å². The molecule has 3 unspecified atom stereocenters. The molecular formula is C12H22N2O3. The van der Waals surface area contributed by atoms with E-state index in [2.05, 4.69) is 6.92 Å². The second-order valence-corrected chi connectivity index (χ2v) is 4.95. The summed E-state index contributed by atoms with van der Waals surface area (Å²) < 4.78 is 0. The number of aliphatic carboxylic acids is 1. The van der Waals surface area contributed by atoms with Gasteiger partial charge in [-0.25, -0.2) is 0 Å². The molecule has 0 radical (unpaired) electrons. The molecule has 0 aromatic heterocycles. The molecule has 1 rings (SSSR count). The van der Waals surface area contributed by atoms with E-state index in [4.69, 9.17) is 5.73 Å². The summed E-state index contributed by atoms with van der Waals surface area (Å²) in [5.41, 5.74) is 5.22. The first-order valence-electron chi connectivity index (χ1n) is 6.21. The summed E-state index contributed by atoms with van der Waals surface area (Å²) in [6.07, 6.45) is 2.70. The number of hydrogen-bond donors (Lipinski definition) is 2. The minimum atomic E-state index is -0.792. The van der Waals surface area contributed by atoms with Crippen molar-refractivity contribution in [2.24, 2.45) is 17.6 Å². The monoisotopic (exact) mass is 242 g/mol. The Morgan fingerprint density at radius 3 is 2.65 bits per heavy atom. The first kappa shape index (κ1) is 14.0. The number of rotatable bonds is 5. The zero-order valence-corrected chi connectivity index (χ0v) is 10.6. The Kier molecular flexibility index (Phi) is 4.93. The van der Waals surface area contributed by atoms with E-state index < -0.39 is 12.0 Å². The lowest BCUT2D eigenvalue weighted by Gasteiger charge is -2.37. The highest BCUT2D eigenvalue weighted by Crippen LogP contribution is 2.26. The quantitative estimate of drug-likeness (QED) is 0.742. The minimum absolute atomic E-state index is 0.296. The minimum Gasteiger partial charge on any atom is -0.480 e. The third-order valence-corrected chi connectivity index (χ3v) is 3.68. The van der Waals surface area contributed by atoms with Crippen LogP contribution in [0.1, 0.15) is 33.1 Å². The molecule has 98 valence electrons. The second-order valence-electron chi connectivity index (χ2n) is 4.95. The molecule has 0 saturated carbocycles. The zero-order valence-electron chi connectivity index (χ0n) is 10.6. The molecule has 0 aliphatic carbocycles. The van der Waals surface area contributed by atoms with Gasteiger partial charge >= 0.3 is 5.97 Å². The Labute approximate surface area is 102 Å². The Morgan fingerprint density at radius 1 is 1.53 bits per heavy atom. The highest BCUT2D eigenvalue weighted by molar-refractivity contribution is 5.77. The third kappa shape index (κ3) is 3.70. The molecule has 17 heavy (non-hydrogen) atoms. The molecule has 1 aliphatic heterocycles. The van der Waals surface area contributed by atoms with Gasteiger partial charge < -0.3 is 10.8 Å². The topological polar surface area (TPSA) is 83.6 Å².